The van der Waals surface area contributed by atoms with Crippen molar-refractivity contribution in [3.05, 3.63) is 77.6 Å². The Bertz CT molecular complexity index is 1170. The standard InChI is InChI=1S/C25H28N2O4S/c1-18(2)20-10-8-19(9-11-20)16-27(22-12-13-32(29,30)17-22)25(28)15-23-14-24(26-31-23)21-6-4-3-5-7-21/h3-11,14,18,22H,12-13,15-17H2,1-2H3. The molecule has 0 N–H and O–H groups in total. The molecule has 2 aromatic carbocycles. The van der Waals surface area contributed by atoms with E-state index in [1.807, 2.05) is 42.5 Å². The molecule has 7 heteroatoms. The number of amides is 1. The quantitative estimate of drug-likeness (QED) is 0.536. The Balaban J connectivity index is 1.53. The van der Waals surface area contributed by atoms with Crippen molar-refractivity contribution in [3.8, 4) is 11.3 Å². The lowest BCUT2D eigenvalue weighted by Gasteiger charge is -2.28. The van der Waals surface area contributed by atoms with Gasteiger partial charge in [0.1, 0.15) is 11.5 Å². The number of carbonyl (C=O) groups excluding carboxylic acids is 1. The molecule has 1 atom stereocenters. The van der Waals surface area contributed by atoms with Gasteiger partial charge >= 0.3 is 0 Å². The van der Waals surface area contributed by atoms with Crippen molar-refractivity contribution in [1.82, 2.24) is 10.1 Å². The van der Waals surface area contributed by atoms with Crippen molar-refractivity contribution in [3.63, 3.8) is 0 Å². The third-order valence-corrected chi connectivity index (χ3v) is 7.67. The van der Waals surface area contributed by atoms with Gasteiger partial charge in [0.15, 0.2) is 9.84 Å². The molecule has 1 fully saturated rings. The summed E-state index contributed by atoms with van der Waals surface area (Å²) in [6.45, 7) is 4.64. The molecule has 1 aliphatic rings. The summed E-state index contributed by atoms with van der Waals surface area (Å²) in [4.78, 5) is 15.0. The smallest absolute Gasteiger partial charge is 0.230 e. The first-order valence-electron chi connectivity index (χ1n) is 10.9. The molecule has 6 nitrogen and oxygen atoms in total. The van der Waals surface area contributed by atoms with E-state index in [0.29, 0.717) is 30.3 Å². The van der Waals surface area contributed by atoms with E-state index in [-0.39, 0.29) is 29.9 Å². The fourth-order valence-electron chi connectivity index (χ4n) is 4.04. The highest BCUT2D eigenvalue weighted by molar-refractivity contribution is 7.91. The molecule has 168 valence electrons. The van der Waals surface area contributed by atoms with E-state index in [1.165, 1.54) is 5.56 Å². The zero-order chi connectivity index (χ0) is 22.7. The number of nitrogens with zero attached hydrogens (tertiary/aromatic N) is 2. The summed E-state index contributed by atoms with van der Waals surface area (Å²) in [6, 6.07) is 19.2. The molecule has 0 bridgehead atoms. The monoisotopic (exact) mass is 452 g/mol. The fraction of sp³-hybridized carbons (Fsp3) is 0.360. The lowest BCUT2D eigenvalue weighted by molar-refractivity contribution is -0.133. The topological polar surface area (TPSA) is 80.5 Å². The lowest BCUT2D eigenvalue weighted by atomic mass is 10.0. The van der Waals surface area contributed by atoms with Crippen LogP contribution in [0.3, 0.4) is 0 Å². The Hall–Kier alpha value is -2.93. The van der Waals surface area contributed by atoms with Crippen molar-refractivity contribution >= 4 is 15.7 Å². The SMILES string of the molecule is CC(C)c1ccc(CN(C(=O)Cc2cc(-c3ccccc3)no2)C2CCS(=O)(=O)C2)cc1. The molecule has 1 saturated heterocycles. The third kappa shape index (κ3) is 5.27. The van der Waals surface area contributed by atoms with Crippen molar-refractivity contribution in [1.29, 1.82) is 0 Å². The van der Waals surface area contributed by atoms with Gasteiger partial charge in [-0.1, -0.05) is 73.6 Å². The number of rotatable bonds is 7. The fourth-order valence-corrected chi connectivity index (χ4v) is 5.77. The molecular weight excluding hydrogens is 424 g/mol. The zero-order valence-corrected chi connectivity index (χ0v) is 19.2. The number of carbonyl (C=O) groups is 1. The molecule has 3 aromatic rings. The van der Waals surface area contributed by atoms with Crippen LogP contribution in [0, 0.1) is 0 Å². The minimum atomic E-state index is -3.12. The molecular formula is C25H28N2O4S. The van der Waals surface area contributed by atoms with Gasteiger partial charge in [-0.15, -0.1) is 0 Å². The van der Waals surface area contributed by atoms with Gasteiger partial charge in [-0.2, -0.15) is 0 Å². The van der Waals surface area contributed by atoms with Crippen LogP contribution in [-0.2, 0) is 27.6 Å². The lowest BCUT2D eigenvalue weighted by Crippen LogP contribution is -2.41. The number of aromatic nitrogens is 1. The highest BCUT2D eigenvalue weighted by Crippen LogP contribution is 2.24. The predicted octanol–water partition coefficient (Wildman–Crippen LogP) is 4.22. The van der Waals surface area contributed by atoms with Crippen LogP contribution in [0.25, 0.3) is 11.3 Å². The number of sulfone groups is 1. The first kappa shape index (κ1) is 22.3. The van der Waals surface area contributed by atoms with Crippen LogP contribution in [0.15, 0.2) is 65.2 Å². The van der Waals surface area contributed by atoms with Crippen molar-refractivity contribution in [2.45, 2.75) is 45.2 Å². The normalized spacial score (nSPS) is 17.5. The van der Waals surface area contributed by atoms with Gasteiger partial charge in [0.05, 0.1) is 17.9 Å². The van der Waals surface area contributed by atoms with E-state index in [9.17, 15) is 13.2 Å². The Kier molecular flexibility index (Phi) is 6.46. The zero-order valence-electron chi connectivity index (χ0n) is 18.4. The minimum absolute atomic E-state index is 0.00842. The van der Waals surface area contributed by atoms with Crippen LogP contribution < -0.4 is 0 Å². The van der Waals surface area contributed by atoms with Gasteiger partial charge in [-0.25, -0.2) is 8.42 Å². The van der Waals surface area contributed by atoms with E-state index >= 15 is 0 Å². The second-order valence-corrected chi connectivity index (χ2v) is 10.9. The molecule has 2 heterocycles. The maximum Gasteiger partial charge on any atom is 0.230 e. The van der Waals surface area contributed by atoms with Gasteiger partial charge in [-0.3, -0.25) is 4.79 Å². The van der Waals surface area contributed by atoms with Crippen molar-refractivity contribution in [2.24, 2.45) is 0 Å². The highest BCUT2D eigenvalue weighted by Gasteiger charge is 2.35. The van der Waals surface area contributed by atoms with Gasteiger partial charge in [0, 0.05) is 24.2 Å². The summed E-state index contributed by atoms with van der Waals surface area (Å²) in [7, 11) is -3.12. The van der Waals surface area contributed by atoms with E-state index in [4.69, 9.17) is 4.52 Å². The van der Waals surface area contributed by atoms with Crippen molar-refractivity contribution in [2.75, 3.05) is 11.5 Å². The first-order valence-corrected chi connectivity index (χ1v) is 12.7. The molecule has 32 heavy (non-hydrogen) atoms. The van der Waals surface area contributed by atoms with Crippen LogP contribution in [-0.4, -0.2) is 41.9 Å². The molecule has 4 rings (SSSR count). The van der Waals surface area contributed by atoms with Crippen molar-refractivity contribution < 1.29 is 17.7 Å². The summed E-state index contributed by atoms with van der Waals surface area (Å²) in [5.41, 5.74) is 3.80. The summed E-state index contributed by atoms with van der Waals surface area (Å²) in [5, 5.41) is 4.09. The van der Waals surface area contributed by atoms with Gasteiger partial charge < -0.3 is 9.42 Å². The maximum absolute atomic E-state index is 13.3. The Morgan fingerprint density at radius 2 is 1.84 bits per heavy atom. The maximum atomic E-state index is 13.3. The van der Waals surface area contributed by atoms with Gasteiger partial charge in [0.25, 0.3) is 0 Å². The molecule has 1 unspecified atom stereocenters. The second-order valence-electron chi connectivity index (χ2n) is 8.70. The van der Waals surface area contributed by atoms with E-state index in [2.05, 4.69) is 31.1 Å². The Morgan fingerprint density at radius 1 is 1.12 bits per heavy atom. The summed E-state index contributed by atoms with van der Waals surface area (Å²) in [6.07, 6.45) is 0.504. The molecule has 0 radical (unpaired) electrons. The van der Waals surface area contributed by atoms with Gasteiger partial charge in [0.2, 0.25) is 5.91 Å². The summed E-state index contributed by atoms with van der Waals surface area (Å²) >= 11 is 0. The molecule has 1 aromatic heterocycles. The molecule has 0 aliphatic carbocycles. The summed E-state index contributed by atoms with van der Waals surface area (Å²) in [5.74, 6) is 0.862. The average molecular weight is 453 g/mol. The number of hydrogen-bond acceptors (Lipinski definition) is 5. The Labute approximate surface area is 189 Å². The number of hydrogen-bond donors (Lipinski definition) is 0. The van der Waals surface area contributed by atoms with Crippen LogP contribution >= 0.6 is 0 Å². The molecule has 1 aliphatic heterocycles. The number of benzene rings is 2. The van der Waals surface area contributed by atoms with Crippen LogP contribution in [0.4, 0.5) is 0 Å². The summed E-state index contributed by atoms with van der Waals surface area (Å²) < 4.78 is 29.6. The first-order chi connectivity index (χ1) is 15.3. The van der Waals surface area contributed by atoms with E-state index in [0.717, 1.165) is 11.1 Å². The minimum Gasteiger partial charge on any atom is -0.360 e. The van der Waals surface area contributed by atoms with Crippen LogP contribution in [0.2, 0.25) is 0 Å². The molecule has 1 amide bonds. The third-order valence-electron chi connectivity index (χ3n) is 5.92. The largest absolute Gasteiger partial charge is 0.360 e. The second kappa shape index (κ2) is 9.28. The van der Waals surface area contributed by atoms with E-state index < -0.39 is 9.84 Å². The molecule has 0 spiro atoms. The average Bonchev–Trinajstić information content (AvgIpc) is 3.39. The van der Waals surface area contributed by atoms with E-state index in [1.54, 1.807) is 11.0 Å². The molecule has 0 saturated carbocycles. The van der Waals surface area contributed by atoms with Crippen LogP contribution in [0.5, 0.6) is 0 Å². The Morgan fingerprint density at radius 3 is 2.47 bits per heavy atom. The predicted molar refractivity (Wildman–Crippen MR) is 124 cm³/mol. The van der Waals surface area contributed by atoms with Gasteiger partial charge in [-0.05, 0) is 23.5 Å². The van der Waals surface area contributed by atoms with Crippen LogP contribution in [0.1, 0.15) is 43.1 Å². The highest BCUT2D eigenvalue weighted by atomic mass is 32.2.